The molecule has 1 atom stereocenters. The zero-order valence-electron chi connectivity index (χ0n) is 13.1. The number of fused-ring (bicyclic) bond motifs is 1. The minimum Gasteiger partial charge on any atom is -0.308 e. The maximum atomic E-state index is 4.46. The summed E-state index contributed by atoms with van der Waals surface area (Å²) in [7, 11) is 0. The van der Waals surface area contributed by atoms with E-state index in [0.29, 0.717) is 6.04 Å². The van der Waals surface area contributed by atoms with Gasteiger partial charge in [0.2, 0.25) is 0 Å². The van der Waals surface area contributed by atoms with Gasteiger partial charge in [-0.05, 0) is 25.0 Å². The Labute approximate surface area is 134 Å². The number of aryl methyl sites for hydroxylation is 2. The molecule has 1 N–H and O–H groups in total. The molecule has 0 aliphatic carbocycles. The molecule has 0 saturated heterocycles. The van der Waals surface area contributed by atoms with E-state index in [1.54, 1.807) is 17.3 Å². The van der Waals surface area contributed by atoms with E-state index in [4.69, 9.17) is 0 Å². The fraction of sp³-hybridized carbons (Fsp3) is 0.375. The average Bonchev–Trinajstić information content (AvgIpc) is 3.21. The summed E-state index contributed by atoms with van der Waals surface area (Å²) in [6, 6.07) is 8.67. The number of nitrogens with one attached hydrogen (secondary N) is 1. The molecule has 1 aromatic carbocycles. The van der Waals surface area contributed by atoms with Crippen LogP contribution in [0.5, 0.6) is 0 Å². The van der Waals surface area contributed by atoms with Crippen LogP contribution in [-0.4, -0.2) is 35.6 Å². The van der Waals surface area contributed by atoms with Crippen LogP contribution in [0.25, 0.3) is 5.69 Å². The Kier molecular flexibility index (Phi) is 3.63. The number of hydrogen-bond acceptors (Lipinski definition) is 5. The van der Waals surface area contributed by atoms with Crippen molar-refractivity contribution in [2.24, 2.45) is 0 Å². The predicted molar refractivity (Wildman–Crippen MR) is 85.1 cm³/mol. The maximum Gasteiger partial charge on any atom is 0.147 e. The molecule has 0 fully saturated rings. The fourth-order valence-electron chi connectivity index (χ4n) is 3.07. The molecule has 7 nitrogen and oxygen atoms in total. The predicted octanol–water partition coefficient (Wildman–Crippen LogP) is 1.27. The maximum absolute atomic E-state index is 4.46. The molecular formula is C16H19N7. The van der Waals surface area contributed by atoms with Crippen LogP contribution in [0.3, 0.4) is 0 Å². The number of nitrogens with zero attached hydrogens (tertiary/aromatic N) is 6. The molecule has 0 bridgehead atoms. The van der Waals surface area contributed by atoms with E-state index in [1.807, 2.05) is 17.7 Å². The van der Waals surface area contributed by atoms with Crippen molar-refractivity contribution < 1.29 is 0 Å². The van der Waals surface area contributed by atoms with Gasteiger partial charge in [-0.25, -0.2) is 19.3 Å². The molecule has 3 heterocycles. The van der Waals surface area contributed by atoms with E-state index >= 15 is 0 Å². The first-order chi connectivity index (χ1) is 11.3. The van der Waals surface area contributed by atoms with Crippen LogP contribution in [-0.2, 0) is 19.5 Å². The highest BCUT2D eigenvalue weighted by atomic mass is 15.4. The van der Waals surface area contributed by atoms with E-state index in [9.17, 15) is 0 Å². The Morgan fingerprint density at radius 2 is 2.22 bits per heavy atom. The molecule has 0 amide bonds. The largest absolute Gasteiger partial charge is 0.308 e. The highest BCUT2D eigenvalue weighted by molar-refractivity contribution is 5.39. The van der Waals surface area contributed by atoms with Gasteiger partial charge in [0.25, 0.3) is 0 Å². The van der Waals surface area contributed by atoms with Crippen LogP contribution in [0.15, 0.2) is 36.9 Å². The van der Waals surface area contributed by atoms with Gasteiger partial charge in [0.05, 0.1) is 12.2 Å². The lowest BCUT2D eigenvalue weighted by Gasteiger charge is -2.24. The highest BCUT2D eigenvalue weighted by Gasteiger charge is 2.20. The molecular weight excluding hydrogens is 290 g/mol. The Bertz CT molecular complexity index is 791. The van der Waals surface area contributed by atoms with Crippen molar-refractivity contribution in [1.29, 1.82) is 0 Å². The number of benzene rings is 1. The zero-order valence-corrected chi connectivity index (χ0v) is 13.1. The van der Waals surface area contributed by atoms with Gasteiger partial charge >= 0.3 is 0 Å². The Morgan fingerprint density at radius 1 is 1.30 bits per heavy atom. The quantitative estimate of drug-likeness (QED) is 0.786. The lowest BCUT2D eigenvalue weighted by atomic mass is 10.1. The molecule has 0 unspecified atom stereocenters. The van der Waals surface area contributed by atoms with Gasteiger partial charge in [-0.3, -0.25) is 0 Å². The monoisotopic (exact) mass is 309 g/mol. The standard InChI is InChI=1S/C16H19N7/c1-12-20-16-7-6-14(9-22(16)21-12)18-8-13-4-2-3-5-15(13)23-11-17-10-19-23/h2-5,10-11,14,18H,6-9H2,1H3/t14-/m0/s1. The van der Waals surface area contributed by atoms with Crippen molar-refractivity contribution >= 4 is 0 Å². The molecule has 23 heavy (non-hydrogen) atoms. The number of hydrogen-bond donors (Lipinski definition) is 1. The Balaban J connectivity index is 1.46. The summed E-state index contributed by atoms with van der Waals surface area (Å²) in [6.45, 7) is 3.62. The van der Waals surface area contributed by atoms with Gasteiger partial charge in [-0.2, -0.15) is 10.2 Å². The Morgan fingerprint density at radius 3 is 3.09 bits per heavy atom. The van der Waals surface area contributed by atoms with Crippen molar-refractivity contribution in [3.05, 3.63) is 54.1 Å². The average molecular weight is 309 g/mol. The Hall–Kier alpha value is -2.54. The van der Waals surface area contributed by atoms with Crippen molar-refractivity contribution in [3.8, 4) is 5.69 Å². The van der Waals surface area contributed by atoms with E-state index in [-0.39, 0.29) is 0 Å². The van der Waals surface area contributed by atoms with Gasteiger partial charge in [0.15, 0.2) is 0 Å². The third kappa shape index (κ3) is 2.87. The minimum absolute atomic E-state index is 0.410. The highest BCUT2D eigenvalue weighted by Crippen LogP contribution is 2.16. The first kappa shape index (κ1) is 14.1. The van der Waals surface area contributed by atoms with E-state index in [0.717, 1.165) is 43.3 Å². The molecule has 4 rings (SSSR count). The number of aromatic nitrogens is 6. The van der Waals surface area contributed by atoms with Gasteiger partial charge in [-0.15, -0.1) is 0 Å². The smallest absolute Gasteiger partial charge is 0.147 e. The van der Waals surface area contributed by atoms with Crippen LogP contribution in [0, 0.1) is 6.92 Å². The van der Waals surface area contributed by atoms with Gasteiger partial charge in [0, 0.05) is 19.0 Å². The summed E-state index contributed by atoms with van der Waals surface area (Å²) < 4.78 is 3.83. The summed E-state index contributed by atoms with van der Waals surface area (Å²) in [5, 5.41) is 12.3. The van der Waals surface area contributed by atoms with Crippen molar-refractivity contribution in [3.63, 3.8) is 0 Å². The second kappa shape index (κ2) is 5.92. The topological polar surface area (TPSA) is 73.5 Å². The summed E-state index contributed by atoms with van der Waals surface area (Å²) in [6.07, 6.45) is 5.34. The normalized spacial score (nSPS) is 17.2. The molecule has 0 spiro atoms. The molecule has 0 saturated carbocycles. The van der Waals surface area contributed by atoms with E-state index in [2.05, 4.69) is 43.7 Å². The number of para-hydroxylation sites is 1. The molecule has 2 aromatic heterocycles. The van der Waals surface area contributed by atoms with E-state index in [1.165, 1.54) is 5.56 Å². The van der Waals surface area contributed by atoms with Crippen molar-refractivity contribution in [1.82, 2.24) is 34.8 Å². The summed E-state index contributed by atoms with van der Waals surface area (Å²) >= 11 is 0. The van der Waals surface area contributed by atoms with Crippen molar-refractivity contribution in [2.75, 3.05) is 0 Å². The summed E-state index contributed by atoms with van der Waals surface area (Å²) in [5.41, 5.74) is 2.27. The SMILES string of the molecule is Cc1nc2n(n1)C[C@@H](NCc1ccccc1-n1cncn1)CC2. The van der Waals surface area contributed by atoms with Gasteiger partial charge in [-0.1, -0.05) is 18.2 Å². The number of rotatable bonds is 4. The third-order valence-corrected chi connectivity index (χ3v) is 4.20. The molecule has 1 aliphatic heterocycles. The third-order valence-electron chi connectivity index (χ3n) is 4.20. The van der Waals surface area contributed by atoms with E-state index < -0.39 is 0 Å². The van der Waals surface area contributed by atoms with Gasteiger partial charge < -0.3 is 5.32 Å². The van der Waals surface area contributed by atoms with Crippen molar-refractivity contribution in [2.45, 2.75) is 38.9 Å². The molecule has 7 heteroatoms. The molecule has 0 radical (unpaired) electrons. The molecule has 3 aromatic rings. The first-order valence-electron chi connectivity index (χ1n) is 7.86. The van der Waals surface area contributed by atoms with Crippen LogP contribution in [0.1, 0.15) is 23.6 Å². The summed E-state index contributed by atoms with van der Waals surface area (Å²) in [4.78, 5) is 8.49. The van der Waals surface area contributed by atoms with Crippen LogP contribution in [0.2, 0.25) is 0 Å². The second-order valence-electron chi connectivity index (χ2n) is 5.84. The molecule has 1 aliphatic rings. The van der Waals surface area contributed by atoms with Crippen LogP contribution in [0.4, 0.5) is 0 Å². The van der Waals surface area contributed by atoms with Crippen LogP contribution >= 0.6 is 0 Å². The fourth-order valence-corrected chi connectivity index (χ4v) is 3.07. The lowest BCUT2D eigenvalue weighted by molar-refractivity contribution is 0.357. The minimum atomic E-state index is 0.410. The summed E-state index contributed by atoms with van der Waals surface area (Å²) in [5.74, 6) is 1.96. The van der Waals surface area contributed by atoms with Gasteiger partial charge in [0.1, 0.15) is 24.3 Å². The zero-order chi connectivity index (χ0) is 15.6. The first-order valence-corrected chi connectivity index (χ1v) is 7.86. The van der Waals surface area contributed by atoms with Crippen LogP contribution < -0.4 is 5.32 Å². The lowest BCUT2D eigenvalue weighted by Crippen LogP contribution is -2.37. The second-order valence-corrected chi connectivity index (χ2v) is 5.84. The molecule has 118 valence electrons.